The van der Waals surface area contributed by atoms with Gasteiger partial charge in [0.25, 0.3) is 0 Å². The van der Waals surface area contributed by atoms with Gasteiger partial charge in [0.15, 0.2) is 11.5 Å². The molecule has 170 valence electrons. The maximum atomic E-state index is 12.5. The number of carboxylic acids is 1. The number of nitrogens with one attached hydrogen (secondary N) is 1. The van der Waals surface area contributed by atoms with Crippen LogP contribution in [-0.2, 0) is 16.0 Å². The third-order valence-electron chi connectivity index (χ3n) is 5.82. The van der Waals surface area contributed by atoms with E-state index in [0.29, 0.717) is 17.1 Å². The molecule has 4 rings (SSSR count). The van der Waals surface area contributed by atoms with E-state index >= 15 is 0 Å². The van der Waals surface area contributed by atoms with Crippen LogP contribution in [0.4, 0.5) is 4.79 Å². The molecular weight excluding hydrogens is 422 g/mol. The molecular formula is C26H25NO6. The Morgan fingerprint density at radius 3 is 2.09 bits per heavy atom. The topological polar surface area (TPSA) is 94.1 Å². The predicted molar refractivity (Wildman–Crippen MR) is 123 cm³/mol. The van der Waals surface area contributed by atoms with Gasteiger partial charge in [-0.05, 0) is 39.9 Å². The van der Waals surface area contributed by atoms with Gasteiger partial charge in [0.2, 0.25) is 0 Å². The van der Waals surface area contributed by atoms with Gasteiger partial charge >= 0.3 is 12.1 Å². The Morgan fingerprint density at radius 1 is 0.909 bits per heavy atom. The molecule has 0 radical (unpaired) electrons. The molecule has 0 saturated heterocycles. The fourth-order valence-electron chi connectivity index (χ4n) is 4.23. The highest BCUT2D eigenvalue weighted by atomic mass is 16.5. The fraction of sp³-hybridized carbons (Fsp3) is 0.231. The van der Waals surface area contributed by atoms with Gasteiger partial charge in [0.05, 0.1) is 14.2 Å². The first-order valence-corrected chi connectivity index (χ1v) is 10.6. The SMILES string of the molecule is COc1ccc(CC(NC(=O)OCC2c3ccccc3-c3ccccc32)C(=O)O)cc1OC. The Morgan fingerprint density at radius 2 is 1.52 bits per heavy atom. The summed E-state index contributed by atoms with van der Waals surface area (Å²) in [5, 5.41) is 12.1. The van der Waals surface area contributed by atoms with Gasteiger partial charge in [0.1, 0.15) is 12.6 Å². The number of hydrogen-bond donors (Lipinski definition) is 2. The summed E-state index contributed by atoms with van der Waals surface area (Å²) in [6.07, 6.45) is -0.704. The van der Waals surface area contributed by atoms with Gasteiger partial charge in [-0.1, -0.05) is 54.6 Å². The lowest BCUT2D eigenvalue weighted by Crippen LogP contribution is -2.42. The molecule has 7 heteroatoms. The number of methoxy groups -OCH3 is 2. The number of carboxylic acid groups (broad SMARTS) is 1. The van der Waals surface area contributed by atoms with E-state index in [9.17, 15) is 14.7 Å². The lowest BCUT2D eigenvalue weighted by Gasteiger charge is -2.18. The molecule has 0 aliphatic heterocycles. The lowest BCUT2D eigenvalue weighted by atomic mass is 9.98. The minimum absolute atomic E-state index is 0.0693. The number of fused-ring (bicyclic) bond motifs is 3. The maximum absolute atomic E-state index is 12.5. The van der Waals surface area contributed by atoms with Crippen LogP contribution in [0, 0.1) is 0 Å². The van der Waals surface area contributed by atoms with E-state index < -0.39 is 18.1 Å². The monoisotopic (exact) mass is 447 g/mol. The molecule has 2 N–H and O–H groups in total. The normalized spacial score (nSPS) is 12.9. The van der Waals surface area contributed by atoms with E-state index in [1.54, 1.807) is 18.2 Å². The third-order valence-corrected chi connectivity index (χ3v) is 5.82. The number of ether oxygens (including phenoxy) is 3. The average molecular weight is 447 g/mol. The van der Waals surface area contributed by atoms with E-state index in [1.807, 2.05) is 36.4 Å². The van der Waals surface area contributed by atoms with Crippen molar-refractivity contribution >= 4 is 12.1 Å². The predicted octanol–water partition coefficient (Wildman–Crippen LogP) is 4.24. The van der Waals surface area contributed by atoms with Crippen LogP contribution in [0.2, 0.25) is 0 Å². The molecule has 0 spiro atoms. The van der Waals surface area contributed by atoms with E-state index in [-0.39, 0.29) is 18.9 Å². The number of carbonyl (C=O) groups is 2. The molecule has 0 bridgehead atoms. The molecule has 3 aromatic rings. The highest BCUT2D eigenvalue weighted by molar-refractivity contribution is 5.81. The van der Waals surface area contributed by atoms with Gasteiger partial charge in [-0.25, -0.2) is 9.59 Å². The standard InChI is InChI=1S/C26H25NO6/c1-31-23-12-11-16(14-24(23)32-2)13-22(25(28)29)27-26(30)33-15-21-19-9-5-3-7-17(19)18-8-4-6-10-20(18)21/h3-12,14,21-22H,13,15H2,1-2H3,(H,27,30)(H,28,29). The minimum atomic E-state index is -1.15. The van der Waals surface area contributed by atoms with E-state index in [2.05, 4.69) is 17.4 Å². The molecule has 1 atom stereocenters. The summed E-state index contributed by atoms with van der Waals surface area (Å²) < 4.78 is 16.0. The van der Waals surface area contributed by atoms with E-state index in [4.69, 9.17) is 14.2 Å². The first-order chi connectivity index (χ1) is 16.0. The molecule has 0 heterocycles. The van der Waals surface area contributed by atoms with Gasteiger partial charge in [-0.15, -0.1) is 0 Å². The van der Waals surface area contributed by atoms with Crippen molar-refractivity contribution in [3.63, 3.8) is 0 Å². The van der Waals surface area contributed by atoms with Crippen LogP contribution >= 0.6 is 0 Å². The number of alkyl carbamates (subject to hydrolysis) is 1. The average Bonchev–Trinajstić information content (AvgIpc) is 3.16. The number of aliphatic carboxylic acids is 1. The van der Waals surface area contributed by atoms with Gasteiger partial charge in [0, 0.05) is 12.3 Å². The van der Waals surface area contributed by atoms with Crippen LogP contribution in [-0.4, -0.2) is 44.0 Å². The quantitative estimate of drug-likeness (QED) is 0.537. The smallest absolute Gasteiger partial charge is 0.407 e. The van der Waals surface area contributed by atoms with Crippen LogP contribution in [0.15, 0.2) is 66.7 Å². The van der Waals surface area contributed by atoms with Crippen molar-refractivity contribution in [1.29, 1.82) is 0 Å². The highest BCUT2D eigenvalue weighted by Gasteiger charge is 2.29. The summed E-state index contributed by atoms with van der Waals surface area (Å²) in [6, 6.07) is 20.0. The van der Waals surface area contributed by atoms with Crippen LogP contribution in [0.3, 0.4) is 0 Å². The van der Waals surface area contributed by atoms with Crippen molar-refractivity contribution in [2.45, 2.75) is 18.4 Å². The van der Waals surface area contributed by atoms with Gasteiger partial charge in [-0.2, -0.15) is 0 Å². The second kappa shape index (κ2) is 9.65. The first-order valence-electron chi connectivity index (χ1n) is 10.6. The minimum Gasteiger partial charge on any atom is -0.493 e. The zero-order valence-corrected chi connectivity index (χ0v) is 18.4. The van der Waals surface area contributed by atoms with Gasteiger partial charge in [-0.3, -0.25) is 0 Å². The number of benzene rings is 3. The summed E-state index contributed by atoms with van der Waals surface area (Å²) in [5.41, 5.74) is 5.11. The lowest BCUT2D eigenvalue weighted by molar-refractivity contribution is -0.139. The molecule has 1 aliphatic carbocycles. The molecule has 7 nitrogen and oxygen atoms in total. The van der Waals surface area contributed by atoms with Crippen LogP contribution in [0.1, 0.15) is 22.6 Å². The second-order valence-electron chi connectivity index (χ2n) is 7.75. The molecule has 0 aromatic heterocycles. The molecule has 33 heavy (non-hydrogen) atoms. The summed E-state index contributed by atoms with van der Waals surface area (Å²) in [6.45, 7) is 0.114. The van der Waals surface area contributed by atoms with Crippen molar-refractivity contribution in [3.05, 3.63) is 83.4 Å². The summed E-state index contributed by atoms with van der Waals surface area (Å²) in [4.78, 5) is 24.3. The fourth-order valence-corrected chi connectivity index (χ4v) is 4.23. The van der Waals surface area contributed by atoms with Crippen LogP contribution < -0.4 is 14.8 Å². The van der Waals surface area contributed by atoms with Crippen molar-refractivity contribution < 1.29 is 28.9 Å². The van der Waals surface area contributed by atoms with Crippen molar-refractivity contribution in [2.24, 2.45) is 0 Å². The zero-order valence-electron chi connectivity index (χ0n) is 18.4. The van der Waals surface area contributed by atoms with Crippen molar-refractivity contribution in [2.75, 3.05) is 20.8 Å². The molecule has 3 aromatic carbocycles. The molecule has 0 saturated carbocycles. The highest BCUT2D eigenvalue weighted by Crippen LogP contribution is 2.44. The van der Waals surface area contributed by atoms with Crippen LogP contribution in [0.25, 0.3) is 11.1 Å². The summed E-state index contributed by atoms with van der Waals surface area (Å²) in [5.74, 6) is -0.228. The Balaban J connectivity index is 1.43. The summed E-state index contributed by atoms with van der Waals surface area (Å²) in [7, 11) is 3.03. The second-order valence-corrected chi connectivity index (χ2v) is 7.75. The zero-order chi connectivity index (χ0) is 23.4. The van der Waals surface area contributed by atoms with E-state index in [1.165, 1.54) is 14.2 Å². The molecule has 0 fully saturated rings. The van der Waals surface area contributed by atoms with Crippen molar-refractivity contribution in [1.82, 2.24) is 5.32 Å². The molecule has 1 amide bonds. The molecule has 1 unspecified atom stereocenters. The Bertz CT molecular complexity index is 1130. The largest absolute Gasteiger partial charge is 0.493 e. The number of carbonyl (C=O) groups excluding carboxylic acids is 1. The van der Waals surface area contributed by atoms with Crippen LogP contribution in [0.5, 0.6) is 11.5 Å². The van der Waals surface area contributed by atoms with E-state index in [0.717, 1.165) is 22.3 Å². The third kappa shape index (κ3) is 4.62. The number of hydrogen-bond acceptors (Lipinski definition) is 5. The number of amides is 1. The Kier molecular flexibility index (Phi) is 6.49. The van der Waals surface area contributed by atoms with Crippen molar-refractivity contribution in [3.8, 4) is 22.6 Å². The first kappa shape index (κ1) is 22.2. The number of rotatable bonds is 8. The maximum Gasteiger partial charge on any atom is 0.407 e. The summed E-state index contributed by atoms with van der Waals surface area (Å²) >= 11 is 0. The Hall–Kier alpha value is -4.00. The Labute approximate surface area is 191 Å². The molecule has 1 aliphatic rings. The van der Waals surface area contributed by atoms with Gasteiger partial charge < -0.3 is 24.6 Å².